The molecule has 0 fully saturated rings. The summed E-state index contributed by atoms with van der Waals surface area (Å²) in [6.07, 6.45) is -5.03. The number of ether oxygens (including phenoxy) is 3. The van der Waals surface area contributed by atoms with Crippen molar-refractivity contribution in [2.24, 2.45) is 0 Å². The fourth-order valence-corrected chi connectivity index (χ4v) is 1.27. The molecule has 20 heavy (non-hydrogen) atoms. The zero-order valence-corrected chi connectivity index (χ0v) is 10.0. The van der Waals surface area contributed by atoms with Gasteiger partial charge in [-0.1, -0.05) is 0 Å². The van der Waals surface area contributed by atoms with Crippen LogP contribution in [-0.4, -0.2) is 25.6 Å². The largest absolute Gasteiger partial charge is 0.573 e. The van der Waals surface area contributed by atoms with Crippen LogP contribution in [0.25, 0.3) is 0 Å². The van der Waals surface area contributed by atoms with Crippen molar-refractivity contribution in [3.05, 3.63) is 23.8 Å². The second-order valence-electron chi connectivity index (χ2n) is 3.34. The van der Waals surface area contributed by atoms with E-state index in [9.17, 15) is 26.7 Å². The molecule has 0 heterocycles. The maximum absolute atomic E-state index is 12.1. The zero-order chi connectivity index (χ0) is 15.3. The number of alkyl halides is 5. The normalized spacial score (nSPS) is 11.3. The summed E-state index contributed by atoms with van der Waals surface area (Å²) in [5.74, 6) is -2.50. The number of esters is 1. The third-order valence-electron chi connectivity index (χ3n) is 1.85. The van der Waals surface area contributed by atoms with Crippen LogP contribution in [0.4, 0.5) is 22.0 Å². The molecule has 0 saturated heterocycles. The second-order valence-corrected chi connectivity index (χ2v) is 3.34. The van der Waals surface area contributed by atoms with Gasteiger partial charge in [-0.25, -0.2) is 4.79 Å². The quantitative estimate of drug-likeness (QED) is 0.618. The average Bonchev–Trinajstić information content (AvgIpc) is 2.25. The third kappa shape index (κ3) is 5.29. The number of benzene rings is 1. The summed E-state index contributed by atoms with van der Waals surface area (Å²) in [5.41, 5.74) is -0.399. The predicted molar refractivity (Wildman–Crippen MR) is 55.7 cm³/mol. The molecular formula is C11H9F5O4. The highest BCUT2D eigenvalue weighted by Crippen LogP contribution is 2.29. The first-order chi connectivity index (χ1) is 9.21. The number of carbonyl (C=O) groups excluding carboxylic acids is 1. The van der Waals surface area contributed by atoms with E-state index in [2.05, 4.69) is 14.2 Å². The van der Waals surface area contributed by atoms with Gasteiger partial charge < -0.3 is 14.2 Å². The van der Waals surface area contributed by atoms with Crippen LogP contribution in [0.15, 0.2) is 18.2 Å². The maximum atomic E-state index is 12.1. The highest BCUT2D eigenvalue weighted by molar-refractivity contribution is 5.90. The van der Waals surface area contributed by atoms with E-state index in [1.165, 1.54) is 6.92 Å². The SMILES string of the molecule is CCOC(=O)c1cc(OC(F)F)cc(OC(F)(F)F)c1. The molecule has 9 heteroatoms. The molecular weight excluding hydrogens is 291 g/mol. The summed E-state index contributed by atoms with van der Waals surface area (Å²) in [6.45, 7) is -1.81. The summed E-state index contributed by atoms with van der Waals surface area (Å²) in [6, 6.07) is 2.12. The van der Waals surface area contributed by atoms with E-state index in [1.54, 1.807) is 0 Å². The summed E-state index contributed by atoms with van der Waals surface area (Å²) >= 11 is 0. The van der Waals surface area contributed by atoms with E-state index >= 15 is 0 Å². The zero-order valence-electron chi connectivity index (χ0n) is 10.0. The molecule has 0 aliphatic carbocycles. The first-order valence-corrected chi connectivity index (χ1v) is 5.24. The number of halogens is 5. The number of rotatable bonds is 5. The number of carbonyl (C=O) groups is 1. The minimum absolute atomic E-state index is 0.0335. The minimum Gasteiger partial charge on any atom is -0.462 e. The fraction of sp³-hybridized carbons (Fsp3) is 0.364. The van der Waals surface area contributed by atoms with E-state index in [-0.39, 0.29) is 6.61 Å². The van der Waals surface area contributed by atoms with Crippen LogP contribution in [0.3, 0.4) is 0 Å². The topological polar surface area (TPSA) is 44.8 Å². The van der Waals surface area contributed by atoms with E-state index in [0.29, 0.717) is 12.1 Å². The molecule has 0 spiro atoms. The van der Waals surface area contributed by atoms with Crippen molar-refractivity contribution < 1.29 is 41.0 Å². The van der Waals surface area contributed by atoms with Gasteiger partial charge in [0.1, 0.15) is 11.5 Å². The van der Waals surface area contributed by atoms with Crippen LogP contribution in [-0.2, 0) is 4.74 Å². The molecule has 0 aliphatic heterocycles. The Balaban J connectivity index is 3.10. The first kappa shape index (κ1) is 16.0. The van der Waals surface area contributed by atoms with E-state index in [0.717, 1.165) is 6.07 Å². The standard InChI is InChI=1S/C11H9F5O4/c1-2-18-9(17)6-3-7(19-10(12)13)5-8(4-6)20-11(14,15)16/h3-5,10H,2H2,1H3. The van der Waals surface area contributed by atoms with E-state index < -0.39 is 36.0 Å². The van der Waals surface area contributed by atoms with Gasteiger partial charge in [0.25, 0.3) is 0 Å². The molecule has 4 nitrogen and oxygen atoms in total. The molecule has 0 aromatic heterocycles. The van der Waals surface area contributed by atoms with Crippen LogP contribution >= 0.6 is 0 Å². The monoisotopic (exact) mass is 300 g/mol. The number of hydrogen-bond donors (Lipinski definition) is 0. The van der Waals surface area contributed by atoms with Crippen LogP contribution in [0, 0.1) is 0 Å². The van der Waals surface area contributed by atoms with E-state index in [1.807, 2.05) is 0 Å². The van der Waals surface area contributed by atoms with Crippen molar-refractivity contribution in [1.29, 1.82) is 0 Å². The Morgan fingerprint density at radius 2 is 1.80 bits per heavy atom. The summed E-state index contributed by atoms with van der Waals surface area (Å²) in [5, 5.41) is 0. The lowest BCUT2D eigenvalue weighted by molar-refractivity contribution is -0.274. The Hall–Kier alpha value is -2.06. The molecule has 0 atom stereocenters. The van der Waals surface area contributed by atoms with Crippen molar-refractivity contribution >= 4 is 5.97 Å². The second kappa shape index (κ2) is 6.40. The van der Waals surface area contributed by atoms with Crippen molar-refractivity contribution in [3.8, 4) is 11.5 Å². The maximum Gasteiger partial charge on any atom is 0.573 e. The first-order valence-electron chi connectivity index (χ1n) is 5.24. The molecule has 0 radical (unpaired) electrons. The highest BCUT2D eigenvalue weighted by atomic mass is 19.4. The van der Waals surface area contributed by atoms with Crippen LogP contribution in [0.2, 0.25) is 0 Å². The predicted octanol–water partition coefficient (Wildman–Crippen LogP) is 3.36. The van der Waals surface area contributed by atoms with Gasteiger partial charge >= 0.3 is 18.9 Å². The lowest BCUT2D eigenvalue weighted by Gasteiger charge is -2.12. The molecule has 0 N–H and O–H groups in total. The van der Waals surface area contributed by atoms with Crippen molar-refractivity contribution in [2.45, 2.75) is 19.9 Å². The summed E-state index contributed by atoms with van der Waals surface area (Å²) < 4.78 is 72.5. The molecule has 112 valence electrons. The van der Waals surface area contributed by atoms with Crippen LogP contribution in [0.1, 0.15) is 17.3 Å². The highest BCUT2D eigenvalue weighted by Gasteiger charge is 2.31. The Morgan fingerprint density at radius 1 is 1.20 bits per heavy atom. The Bertz CT molecular complexity index is 472. The van der Waals surface area contributed by atoms with Gasteiger partial charge in [-0.3, -0.25) is 0 Å². The van der Waals surface area contributed by atoms with Gasteiger partial charge in [0.15, 0.2) is 0 Å². The number of hydrogen-bond acceptors (Lipinski definition) is 4. The fourth-order valence-electron chi connectivity index (χ4n) is 1.27. The van der Waals surface area contributed by atoms with Gasteiger partial charge in [0, 0.05) is 6.07 Å². The lowest BCUT2D eigenvalue weighted by Crippen LogP contribution is -2.18. The molecule has 1 rings (SSSR count). The van der Waals surface area contributed by atoms with Crippen LogP contribution < -0.4 is 9.47 Å². The van der Waals surface area contributed by atoms with Crippen molar-refractivity contribution in [3.63, 3.8) is 0 Å². The van der Waals surface area contributed by atoms with E-state index in [4.69, 9.17) is 0 Å². The third-order valence-corrected chi connectivity index (χ3v) is 1.85. The smallest absolute Gasteiger partial charge is 0.462 e. The minimum atomic E-state index is -5.03. The van der Waals surface area contributed by atoms with Gasteiger partial charge in [-0.15, -0.1) is 13.2 Å². The van der Waals surface area contributed by atoms with Crippen LogP contribution in [0.5, 0.6) is 11.5 Å². The lowest BCUT2D eigenvalue weighted by atomic mass is 10.2. The van der Waals surface area contributed by atoms with Gasteiger partial charge in [0.05, 0.1) is 12.2 Å². The molecule has 0 unspecified atom stereocenters. The molecule has 0 saturated carbocycles. The average molecular weight is 300 g/mol. The van der Waals surface area contributed by atoms with Crippen molar-refractivity contribution in [1.82, 2.24) is 0 Å². The Morgan fingerprint density at radius 3 is 2.30 bits per heavy atom. The Kier molecular flexibility index (Phi) is 5.12. The van der Waals surface area contributed by atoms with Gasteiger partial charge in [0.2, 0.25) is 0 Å². The summed E-state index contributed by atoms with van der Waals surface area (Å²) in [7, 11) is 0. The molecule has 0 amide bonds. The van der Waals surface area contributed by atoms with Gasteiger partial charge in [-0.05, 0) is 19.1 Å². The Labute approximate surface area is 110 Å². The van der Waals surface area contributed by atoms with Gasteiger partial charge in [-0.2, -0.15) is 8.78 Å². The molecule has 0 bridgehead atoms. The molecule has 1 aromatic rings. The molecule has 1 aromatic carbocycles. The summed E-state index contributed by atoms with van der Waals surface area (Å²) in [4.78, 5) is 11.4. The van der Waals surface area contributed by atoms with Crippen molar-refractivity contribution in [2.75, 3.05) is 6.61 Å². The molecule has 0 aliphatic rings.